The highest BCUT2D eigenvalue weighted by molar-refractivity contribution is 8.00. The monoisotopic (exact) mass is 233 g/mol. The number of hydrogen-bond donors (Lipinski definition) is 0. The van der Waals surface area contributed by atoms with E-state index in [9.17, 15) is 4.79 Å². The van der Waals surface area contributed by atoms with Gasteiger partial charge in [-0.1, -0.05) is 17.7 Å². The number of nitrogens with zero attached hydrogens (tertiary/aromatic N) is 1. The zero-order valence-corrected chi connectivity index (χ0v) is 10.2. The van der Waals surface area contributed by atoms with Gasteiger partial charge in [-0.3, -0.25) is 4.79 Å². The molecule has 16 heavy (non-hydrogen) atoms. The first-order valence-electron chi connectivity index (χ1n) is 5.73. The van der Waals surface area contributed by atoms with Crippen molar-refractivity contribution in [1.29, 1.82) is 0 Å². The van der Waals surface area contributed by atoms with Crippen molar-refractivity contribution in [2.24, 2.45) is 0 Å². The van der Waals surface area contributed by atoms with Gasteiger partial charge in [-0.2, -0.15) is 11.8 Å². The number of rotatable bonds is 1. The summed E-state index contributed by atoms with van der Waals surface area (Å²) in [7, 11) is 0. The molecule has 84 valence electrons. The number of likely N-dealkylation sites (tertiary alicyclic amines) is 1. The van der Waals surface area contributed by atoms with Gasteiger partial charge in [0.2, 0.25) is 0 Å². The first kappa shape index (κ1) is 10.2. The molecule has 2 saturated heterocycles. The fourth-order valence-electron chi connectivity index (χ4n) is 2.59. The molecule has 2 unspecified atom stereocenters. The van der Waals surface area contributed by atoms with Crippen LogP contribution in [0.25, 0.3) is 0 Å². The van der Waals surface area contributed by atoms with Crippen LogP contribution in [0.1, 0.15) is 22.3 Å². The molecule has 0 aromatic heterocycles. The molecule has 0 aliphatic carbocycles. The van der Waals surface area contributed by atoms with E-state index in [-0.39, 0.29) is 5.91 Å². The van der Waals surface area contributed by atoms with Gasteiger partial charge in [-0.05, 0) is 25.5 Å². The van der Waals surface area contributed by atoms with Crippen LogP contribution in [0.5, 0.6) is 0 Å². The summed E-state index contributed by atoms with van der Waals surface area (Å²) in [4.78, 5) is 14.4. The van der Waals surface area contributed by atoms with Crippen molar-refractivity contribution in [3.8, 4) is 0 Å². The van der Waals surface area contributed by atoms with Crippen LogP contribution in [-0.4, -0.2) is 34.4 Å². The van der Waals surface area contributed by atoms with Crippen LogP contribution < -0.4 is 0 Å². The minimum atomic E-state index is 0.219. The van der Waals surface area contributed by atoms with Crippen molar-refractivity contribution in [2.45, 2.75) is 24.6 Å². The first-order valence-corrected chi connectivity index (χ1v) is 6.78. The predicted molar refractivity (Wildman–Crippen MR) is 66.9 cm³/mol. The molecule has 2 bridgehead atoms. The first-order chi connectivity index (χ1) is 7.74. The molecule has 1 aromatic rings. The Morgan fingerprint density at radius 3 is 3.00 bits per heavy atom. The summed E-state index contributed by atoms with van der Waals surface area (Å²) < 4.78 is 0. The van der Waals surface area contributed by atoms with Crippen LogP contribution in [0, 0.1) is 6.92 Å². The van der Waals surface area contributed by atoms with Gasteiger partial charge in [0.05, 0.1) is 0 Å². The van der Waals surface area contributed by atoms with Crippen molar-refractivity contribution in [1.82, 2.24) is 4.90 Å². The van der Waals surface area contributed by atoms with Gasteiger partial charge < -0.3 is 4.90 Å². The van der Waals surface area contributed by atoms with E-state index in [1.54, 1.807) is 0 Å². The second-order valence-corrected chi connectivity index (χ2v) is 6.01. The maximum absolute atomic E-state index is 12.3. The molecule has 2 fully saturated rings. The minimum absolute atomic E-state index is 0.219. The molecular formula is C13H15NOS. The maximum atomic E-state index is 12.3. The average Bonchev–Trinajstić information content (AvgIpc) is 2.89. The van der Waals surface area contributed by atoms with Gasteiger partial charge in [-0.25, -0.2) is 0 Å². The molecule has 3 rings (SSSR count). The van der Waals surface area contributed by atoms with E-state index in [0.717, 1.165) is 23.4 Å². The average molecular weight is 233 g/mol. The Morgan fingerprint density at radius 2 is 2.38 bits per heavy atom. The van der Waals surface area contributed by atoms with Crippen LogP contribution in [-0.2, 0) is 0 Å². The SMILES string of the molecule is Cc1cccc(C(=O)N2CC3CC2CS3)c1. The summed E-state index contributed by atoms with van der Waals surface area (Å²) in [6.07, 6.45) is 1.20. The number of fused-ring (bicyclic) bond motifs is 2. The molecule has 2 aliphatic heterocycles. The number of hydrogen-bond acceptors (Lipinski definition) is 2. The number of aryl methyl sites for hydroxylation is 1. The molecule has 0 radical (unpaired) electrons. The third-order valence-corrected chi connectivity index (χ3v) is 4.82. The number of thioether (sulfide) groups is 1. The zero-order valence-electron chi connectivity index (χ0n) is 9.35. The lowest BCUT2D eigenvalue weighted by Crippen LogP contribution is -2.39. The van der Waals surface area contributed by atoms with Gasteiger partial charge in [-0.15, -0.1) is 0 Å². The van der Waals surface area contributed by atoms with Gasteiger partial charge in [0, 0.05) is 29.2 Å². The minimum Gasteiger partial charge on any atom is -0.334 e. The topological polar surface area (TPSA) is 20.3 Å². The highest BCUT2D eigenvalue weighted by atomic mass is 32.2. The summed E-state index contributed by atoms with van der Waals surface area (Å²) in [5, 5.41) is 0.693. The van der Waals surface area contributed by atoms with Gasteiger partial charge in [0.15, 0.2) is 0 Å². The number of carbonyl (C=O) groups is 1. The van der Waals surface area contributed by atoms with Gasteiger partial charge in [0.25, 0.3) is 5.91 Å². The lowest BCUT2D eigenvalue weighted by Gasteiger charge is -2.26. The predicted octanol–water partition coefficient (Wildman–Crippen LogP) is 2.32. The smallest absolute Gasteiger partial charge is 0.254 e. The molecule has 2 nitrogen and oxygen atoms in total. The standard InChI is InChI=1S/C13H15NOS/c1-9-3-2-4-10(5-9)13(15)14-7-12-6-11(14)8-16-12/h2-5,11-12H,6-8H2,1H3. The molecule has 0 N–H and O–H groups in total. The largest absolute Gasteiger partial charge is 0.334 e. The zero-order chi connectivity index (χ0) is 11.1. The third-order valence-electron chi connectivity index (χ3n) is 3.43. The summed E-state index contributed by atoms with van der Waals surface area (Å²) >= 11 is 2.02. The van der Waals surface area contributed by atoms with Crippen molar-refractivity contribution in [3.63, 3.8) is 0 Å². The van der Waals surface area contributed by atoms with E-state index >= 15 is 0 Å². The number of benzene rings is 1. The van der Waals surface area contributed by atoms with Crippen LogP contribution >= 0.6 is 11.8 Å². The Hall–Kier alpha value is -0.960. The fraction of sp³-hybridized carbons (Fsp3) is 0.462. The van der Waals surface area contributed by atoms with Crippen LogP contribution in [0.4, 0.5) is 0 Å². The molecule has 2 atom stereocenters. The highest BCUT2D eigenvalue weighted by Crippen LogP contribution is 2.38. The summed E-state index contributed by atoms with van der Waals surface area (Å²) in [5.41, 5.74) is 2.00. The van der Waals surface area contributed by atoms with Crippen molar-refractivity contribution in [2.75, 3.05) is 12.3 Å². The van der Waals surface area contributed by atoms with E-state index in [1.807, 2.05) is 43.0 Å². The maximum Gasteiger partial charge on any atom is 0.254 e. The Labute approximate surface area is 100 Å². The van der Waals surface area contributed by atoms with Crippen LogP contribution in [0.3, 0.4) is 0 Å². The summed E-state index contributed by atoms with van der Waals surface area (Å²) in [6.45, 7) is 2.98. The third kappa shape index (κ3) is 1.63. The Bertz CT molecular complexity index is 432. The molecule has 1 amide bonds. The number of carbonyl (C=O) groups excluding carboxylic acids is 1. The van der Waals surface area contributed by atoms with E-state index in [1.165, 1.54) is 6.42 Å². The molecule has 0 saturated carbocycles. The van der Waals surface area contributed by atoms with E-state index < -0.39 is 0 Å². The molecule has 1 aromatic carbocycles. The normalized spacial score (nSPS) is 27.4. The van der Waals surface area contributed by atoms with E-state index in [0.29, 0.717) is 11.3 Å². The van der Waals surface area contributed by atoms with Crippen molar-refractivity contribution >= 4 is 17.7 Å². The Morgan fingerprint density at radius 1 is 1.50 bits per heavy atom. The summed E-state index contributed by atoms with van der Waals surface area (Å²) in [5.74, 6) is 1.35. The van der Waals surface area contributed by atoms with Crippen LogP contribution in [0.15, 0.2) is 24.3 Å². The molecule has 2 heterocycles. The second-order valence-electron chi connectivity index (χ2n) is 4.67. The fourth-order valence-corrected chi connectivity index (χ4v) is 4.03. The quantitative estimate of drug-likeness (QED) is 0.742. The molecular weight excluding hydrogens is 218 g/mol. The number of amides is 1. The van der Waals surface area contributed by atoms with Crippen molar-refractivity contribution < 1.29 is 4.79 Å². The molecule has 2 aliphatic rings. The lowest BCUT2D eigenvalue weighted by atomic mass is 10.1. The van der Waals surface area contributed by atoms with Gasteiger partial charge >= 0.3 is 0 Å². The molecule has 0 spiro atoms. The Kier molecular flexibility index (Phi) is 2.43. The second kappa shape index (κ2) is 3.81. The highest BCUT2D eigenvalue weighted by Gasteiger charge is 2.41. The molecule has 3 heteroatoms. The van der Waals surface area contributed by atoms with Gasteiger partial charge in [0.1, 0.15) is 0 Å². The van der Waals surface area contributed by atoms with Crippen molar-refractivity contribution in [3.05, 3.63) is 35.4 Å². The van der Waals surface area contributed by atoms with E-state index in [2.05, 4.69) is 4.90 Å². The Balaban J connectivity index is 1.83. The van der Waals surface area contributed by atoms with E-state index in [4.69, 9.17) is 0 Å². The van der Waals surface area contributed by atoms with Crippen LogP contribution in [0.2, 0.25) is 0 Å². The lowest BCUT2D eigenvalue weighted by molar-refractivity contribution is 0.0747. The summed E-state index contributed by atoms with van der Waals surface area (Å²) in [6, 6.07) is 8.40.